The molecule has 18 heavy (non-hydrogen) atoms. The molecule has 0 spiro atoms. The van der Waals surface area contributed by atoms with E-state index in [0.29, 0.717) is 5.95 Å². The zero-order chi connectivity index (χ0) is 13.0. The molecule has 0 atom stereocenters. The summed E-state index contributed by atoms with van der Waals surface area (Å²) >= 11 is 0. The zero-order valence-corrected chi connectivity index (χ0v) is 11.1. The van der Waals surface area contributed by atoms with Crippen molar-refractivity contribution in [3.63, 3.8) is 0 Å². The van der Waals surface area contributed by atoms with Gasteiger partial charge < -0.3 is 5.32 Å². The van der Waals surface area contributed by atoms with Crippen LogP contribution in [0.1, 0.15) is 23.9 Å². The molecule has 0 aliphatic rings. The Morgan fingerprint density at radius 3 is 2.61 bits per heavy atom. The Kier molecular flexibility index (Phi) is 4.04. The van der Waals surface area contributed by atoms with E-state index in [9.17, 15) is 0 Å². The molecule has 0 aliphatic carbocycles. The van der Waals surface area contributed by atoms with Crippen LogP contribution in [0.3, 0.4) is 0 Å². The fraction of sp³-hybridized carbons (Fsp3) is 0.462. The molecular weight excluding hydrogens is 226 g/mol. The highest BCUT2D eigenvalue weighted by Crippen LogP contribution is 2.15. The maximum absolute atomic E-state index is 4.52. The van der Waals surface area contributed by atoms with Crippen molar-refractivity contribution in [3.05, 3.63) is 35.4 Å². The average Bonchev–Trinajstić information content (AvgIpc) is 2.68. The van der Waals surface area contributed by atoms with Crippen LogP contribution in [0.25, 0.3) is 5.95 Å². The molecule has 0 radical (unpaired) electrons. The molecule has 5 nitrogen and oxygen atoms in total. The van der Waals surface area contributed by atoms with E-state index in [0.717, 1.165) is 30.9 Å². The topological polar surface area (TPSA) is 55.6 Å². The molecule has 2 rings (SSSR count). The van der Waals surface area contributed by atoms with E-state index in [-0.39, 0.29) is 0 Å². The largest absolute Gasteiger partial charge is 0.317 e. The number of nitrogens with one attached hydrogen (secondary N) is 1. The summed E-state index contributed by atoms with van der Waals surface area (Å²) in [5, 5.41) is 7.85. The van der Waals surface area contributed by atoms with Gasteiger partial charge in [-0.3, -0.25) is 0 Å². The molecule has 0 bridgehead atoms. The summed E-state index contributed by atoms with van der Waals surface area (Å²) in [5.74, 6) is 0.632. The number of rotatable bonds is 5. The summed E-state index contributed by atoms with van der Waals surface area (Å²) in [4.78, 5) is 8.47. The standard InChI is InChI=1S/C13H19N5/c1-4-14-9-6-12-10(2)17-18(11(12)3)13-15-7-5-8-16-13/h5,7-8,14H,4,6,9H2,1-3H3. The van der Waals surface area contributed by atoms with Gasteiger partial charge in [-0.25, -0.2) is 14.6 Å². The van der Waals surface area contributed by atoms with Gasteiger partial charge in [-0.2, -0.15) is 5.10 Å². The smallest absolute Gasteiger partial charge is 0.250 e. The normalized spacial score (nSPS) is 10.8. The monoisotopic (exact) mass is 245 g/mol. The SMILES string of the molecule is CCNCCc1c(C)nn(-c2ncccn2)c1C. The number of nitrogens with zero attached hydrogens (tertiary/aromatic N) is 4. The summed E-state index contributed by atoms with van der Waals surface area (Å²) < 4.78 is 1.82. The molecule has 96 valence electrons. The van der Waals surface area contributed by atoms with Crippen LogP contribution in [0.4, 0.5) is 0 Å². The van der Waals surface area contributed by atoms with Crippen LogP contribution < -0.4 is 5.32 Å². The van der Waals surface area contributed by atoms with Gasteiger partial charge in [0.25, 0.3) is 5.95 Å². The summed E-state index contributed by atoms with van der Waals surface area (Å²) in [5.41, 5.74) is 3.46. The van der Waals surface area contributed by atoms with Gasteiger partial charge >= 0.3 is 0 Å². The average molecular weight is 245 g/mol. The number of likely N-dealkylation sites (N-methyl/N-ethyl adjacent to an activating group) is 1. The van der Waals surface area contributed by atoms with Crippen molar-refractivity contribution in [2.75, 3.05) is 13.1 Å². The first-order valence-electron chi connectivity index (χ1n) is 6.27. The van der Waals surface area contributed by atoms with Crippen LogP contribution in [0, 0.1) is 13.8 Å². The van der Waals surface area contributed by atoms with Crippen LogP contribution in [0.2, 0.25) is 0 Å². The lowest BCUT2D eigenvalue weighted by Crippen LogP contribution is -2.16. The first-order valence-corrected chi connectivity index (χ1v) is 6.27. The second kappa shape index (κ2) is 5.73. The Hall–Kier alpha value is -1.75. The quantitative estimate of drug-likeness (QED) is 0.810. The number of aryl methyl sites for hydroxylation is 1. The maximum Gasteiger partial charge on any atom is 0.250 e. The molecular formula is C13H19N5. The molecule has 2 aromatic heterocycles. The Bertz CT molecular complexity index is 504. The number of hydrogen-bond donors (Lipinski definition) is 1. The van der Waals surface area contributed by atoms with Crippen molar-refractivity contribution in [2.24, 2.45) is 0 Å². The van der Waals surface area contributed by atoms with Crippen molar-refractivity contribution in [3.8, 4) is 5.95 Å². The Morgan fingerprint density at radius 2 is 1.94 bits per heavy atom. The molecule has 5 heteroatoms. The molecule has 0 saturated heterocycles. The van der Waals surface area contributed by atoms with Gasteiger partial charge in [-0.1, -0.05) is 6.92 Å². The van der Waals surface area contributed by atoms with Crippen LogP contribution in [-0.2, 0) is 6.42 Å². The molecule has 1 N–H and O–H groups in total. The molecule has 0 aliphatic heterocycles. The number of hydrogen-bond acceptors (Lipinski definition) is 4. The van der Waals surface area contributed by atoms with E-state index >= 15 is 0 Å². The highest BCUT2D eigenvalue weighted by Gasteiger charge is 2.13. The fourth-order valence-electron chi connectivity index (χ4n) is 2.02. The Balaban J connectivity index is 2.26. The third-order valence-corrected chi connectivity index (χ3v) is 2.98. The minimum absolute atomic E-state index is 0.632. The van der Waals surface area contributed by atoms with Gasteiger partial charge in [0.15, 0.2) is 0 Å². The van der Waals surface area contributed by atoms with Crippen molar-refractivity contribution < 1.29 is 0 Å². The molecule has 0 saturated carbocycles. The van der Waals surface area contributed by atoms with Crippen molar-refractivity contribution in [1.82, 2.24) is 25.1 Å². The van der Waals surface area contributed by atoms with E-state index in [4.69, 9.17) is 0 Å². The van der Waals surface area contributed by atoms with Gasteiger partial charge in [0, 0.05) is 18.1 Å². The molecule has 2 aromatic rings. The van der Waals surface area contributed by atoms with Crippen molar-refractivity contribution >= 4 is 0 Å². The zero-order valence-electron chi connectivity index (χ0n) is 11.1. The van der Waals surface area contributed by atoms with E-state index in [1.165, 1.54) is 5.56 Å². The predicted octanol–water partition coefficient (Wildman–Crippen LogP) is 1.43. The molecule has 2 heterocycles. The van der Waals surface area contributed by atoms with Crippen LogP contribution in [0.15, 0.2) is 18.5 Å². The highest BCUT2D eigenvalue weighted by molar-refractivity contribution is 5.29. The first-order chi connectivity index (χ1) is 8.74. The third-order valence-electron chi connectivity index (χ3n) is 2.98. The first kappa shape index (κ1) is 12.7. The maximum atomic E-state index is 4.52. The minimum Gasteiger partial charge on any atom is -0.317 e. The second-order valence-electron chi connectivity index (χ2n) is 4.21. The van der Waals surface area contributed by atoms with Crippen LogP contribution in [0.5, 0.6) is 0 Å². The van der Waals surface area contributed by atoms with Gasteiger partial charge in [-0.15, -0.1) is 0 Å². The Labute approximate surface area is 107 Å². The van der Waals surface area contributed by atoms with Crippen molar-refractivity contribution in [2.45, 2.75) is 27.2 Å². The van der Waals surface area contributed by atoms with E-state index in [2.05, 4.69) is 34.2 Å². The van der Waals surface area contributed by atoms with Gasteiger partial charge in [0.05, 0.1) is 5.69 Å². The van der Waals surface area contributed by atoms with E-state index in [1.807, 2.05) is 11.6 Å². The lowest BCUT2D eigenvalue weighted by molar-refractivity contribution is 0.712. The summed E-state index contributed by atoms with van der Waals surface area (Å²) in [7, 11) is 0. The van der Waals surface area contributed by atoms with Gasteiger partial charge in [-0.05, 0) is 45.0 Å². The highest BCUT2D eigenvalue weighted by atomic mass is 15.4. The van der Waals surface area contributed by atoms with E-state index in [1.54, 1.807) is 18.5 Å². The van der Waals surface area contributed by atoms with Gasteiger partial charge in [0.2, 0.25) is 0 Å². The van der Waals surface area contributed by atoms with Crippen LogP contribution in [-0.4, -0.2) is 32.8 Å². The van der Waals surface area contributed by atoms with Crippen molar-refractivity contribution in [1.29, 1.82) is 0 Å². The Morgan fingerprint density at radius 1 is 1.22 bits per heavy atom. The third kappa shape index (κ3) is 2.56. The molecule has 0 aromatic carbocycles. The fourth-order valence-corrected chi connectivity index (χ4v) is 2.02. The molecule has 0 unspecified atom stereocenters. The lowest BCUT2D eigenvalue weighted by Gasteiger charge is -2.04. The lowest BCUT2D eigenvalue weighted by atomic mass is 10.1. The minimum atomic E-state index is 0.632. The molecule has 0 amide bonds. The summed E-state index contributed by atoms with van der Waals surface area (Å²) in [6.45, 7) is 8.18. The molecule has 0 fully saturated rings. The predicted molar refractivity (Wildman–Crippen MR) is 70.9 cm³/mol. The van der Waals surface area contributed by atoms with E-state index < -0.39 is 0 Å². The summed E-state index contributed by atoms with van der Waals surface area (Å²) in [6.07, 6.45) is 4.45. The van der Waals surface area contributed by atoms with Gasteiger partial charge in [0.1, 0.15) is 0 Å². The number of aromatic nitrogens is 4. The second-order valence-corrected chi connectivity index (χ2v) is 4.21. The van der Waals surface area contributed by atoms with Crippen LogP contribution >= 0.6 is 0 Å². The summed E-state index contributed by atoms with van der Waals surface area (Å²) in [6, 6.07) is 1.81.